The normalized spacial score (nSPS) is 24.7. The fourth-order valence-electron chi connectivity index (χ4n) is 4.58. The predicted molar refractivity (Wildman–Crippen MR) is 109 cm³/mol. The van der Waals surface area contributed by atoms with Crippen LogP contribution in [0.1, 0.15) is 71.1 Å². The average Bonchev–Trinajstić information content (AvgIpc) is 3.43. The van der Waals surface area contributed by atoms with Crippen LogP contribution >= 0.6 is 0 Å². The Morgan fingerprint density at radius 3 is 2.59 bits per heavy atom. The molecule has 1 amide bonds. The van der Waals surface area contributed by atoms with Gasteiger partial charge < -0.3 is 20.3 Å². The molecule has 0 bridgehead atoms. The lowest BCUT2D eigenvalue weighted by molar-refractivity contribution is -0.134. The Morgan fingerprint density at radius 1 is 1.11 bits per heavy atom. The molecule has 0 aromatic carbocycles. The molecule has 2 N–H and O–H groups in total. The van der Waals surface area contributed by atoms with Gasteiger partial charge in [-0.05, 0) is 45.4 Å². The molecule has 0 aromatic heterocycles. The number of aliphatic imine (C=N–C) groups is 1. The molecule has 1 saturated heterocycles. The summed E-state index contributed by atoms with van der Waals surface area (Å²) in [5.74, 6) is 1.53. The van der Waals surface area contributed by atoms with E-state index in [0.29, 0.717) is 18.1 Å². The molecular weight excluding hydrogens is 340 g/mol. The van der Waals surface area contributed by atoms with Gasteiger partial charge in [0.1, 0.15) is 0 Å². The summed E-state index contributed by atoms with van der Waals surface area (Å²) in [5, 5.41) is 6.86. The lowest BCUT2D eigenvalue weighted by Gasteiger charge is -2.21. The minimum Gasteiger partial charge on any atom is -0.378 e. The van der Waals surface area contributed by atoms with Crippen molar-refractivity contribution in [2.75, 3.05) is 32.8 Å². The van der Waals surface area contributed by atoms with Gasteiger partial charge in [0.15, 0.2) is 5.96 Å². The second-order valence-corrected chi connectivity index (χ2v) is 8.29. The monoisotopic (exact) mass is 378 g/mol. The maximum atomic E-state index is 12.6. The lowest BCUT2D eigenvalue weighted by Crippen LogP contribution is -2.45. The molecule has 3 aliphatic rings. The van der Waals surface area contributed by atoms with Crippen LogP contribution in [0, 0.1) is 5.92 Å². The predicted octanol–water partition coefficient (Wildman–Crippen LogP) is 2.68. The van der Waals surface area contributed by atoms with Crippen LogP contribution in [0.25, 0.3) is 0 Å². The quantitative estimate of drug-likeness (QED) is 0.387. The molecule has 154 valence electrons. The highest BCUT2D eigenvalue weighted by molar-refractivity contribution is 5.81. The number of carbonyl (C=O) groups is 1. The van der Waals surface area contributed by atoms with Crippen LogP contribution in [0.15, 0.2) is 4.99 Å². The van der Waals surface area contributed by atoms with E-state index in [1.54, 1.807) is 0 Å². The number of carbonyl (C=O) groups excluding carboxylic acids is 1. The Balaban J connectivity index is 1.37. The number of hydrogen-bond acceptors (Lipinski definition) is 3. The number of amides is 1. The second kappa shape index (κ2) is 10.9. The van der Waals surface area contributed by atoms with Gasteiger partial charge in [-0.25, -0.2) is 0 Å². The van der Waals surface area contributed by atoms with E-state index in [-0.39, 0.29) is 5.92 Å². The Bertz CT molecular complexity index is 485. The summed E-state index contributed by atoms with van der Waals surface area (Å²) in [6.07, 6.45) is 12.1. The Labute approximate surface area is 164 Å². The van der Waals surface area contributed by atoms with Gasteiger partial charge >= 0.3 is 0 Å². The summed E-state index contributed by atoms with van der Waals surface area (Å²) < 4.78 is 5.91. The molecule has 2 aliphatic carbocycles. The molecule has 6 nitrogen and oxygen atoms in total. The molecule has 0 spiro atoms. The maximum Gasteiger partial charge on any atom is 0.225 e. The highest BCUT2D eigenvalue weighted by atomic mass is 16.5. The number of nitrogens with one attached hydrogen (secondary N) is 2. The third-order valence-electron chi connectivity index (χ3n) is 6.12. The minimum atomic E-state index is 0.283. The summed E-state index contributed by atoms with van der Waals surface area (Å²) in [6.45, 7) is 6.21. The molecule has 27 heavy (non-hydrogen) atoms. The lowest BCUT2D eigenvalue weighted by atomic mass is 10.1. The van der Waals surface area contributed by atoms with Gasteiger partial charge in [0, 0.05) is 44.7 Å². The van der Waals surface area contributed by atoms with E-state index in [4.69, 9.17) is 9.73 Å². The topological polar surface area (TPSA) is 66.0 Å². The van der Waals surface area contributed by atoms with Crippen molar-refractivity contribution in [1.82, 2.24) is 15.5 Å². The third kappa shape index (κ3) is 6.37. The molecule has 1 aliphatic heterocycles. The van der Waals surface area contributed by atoms with Gasteiger partial charge in [-0.15, -0.1) is 0 Å². The summed E-state index contributed by atoms with van der Waals surface area (Å²) in [4.78, 5) is 19.4. The van der Waals surface area contributed by atoms with E-state index in [1.165, 1.54) is 38.5 Å². The summed E-state index contributed by atoms with van der Waals surface area (Å²) in [6, 6.07) is 0.308. The molecule has 2 saturated carbocycles. The molecule has 1 atom stereocenters. The SMILES string of the molecule is CCNC(=NCCCOC1CCCC1)NC1CCN(C(=O)C2CCCC2)C1. The van der Waals surface area contributed by atoms with Crippen LogP contribution in [-0.2, 0) is 9.53 Å². The van der Waals surface area contributed by atoms with Crippen LogP contribution in [0.4, 0.5) is 0 Å². The smallest absolute Gasteiger partial charge is 0.225 e. The van der Waals surface area contributed by atoms with E-state index >= 15 is 0 Å². The van der Waals surface area contributed by atoms with Crippen LogP contribution < -0.4 is 10.6 Å². The zero-order valence-corrected chi connectivity index (χ0v) is 17.0. The van der Waals surface area contributed by atoms with Crippen molar-refractivity contribution in [1.29, 1.82) is 0 Å². The van der Waals surface area contributed by atoms with Gasteiger partial charge in [-0.3, -0.25) is 9.79 Å². The summed E-state index contributed by atoms with van der Waals surface area (Å²) in [7, 11) is 0. The Hall–Kier alpha value is -1.30. The van der Waals surface area contributed by atoms with Crippen molar-refractivity contribution in [3.05, 3.63) is 0 Å². The van der Waals surface area contributed by atoms with Crippen molar-refractivity contribution in [2.24, 2.45) is 10.9 Å². The first-order valence-corrected chi connectivity index (χ1v) is 11.2. The Morgan fingerprint density at radius 2 is 1.85 bits per heavy atom. The average molecular weight is 379 g/mol. The fraction of sp³-hybridized carbons (Fsp3) is 0.905. The zero-order valence-electron chi connectivity index (χ0n) is 17.0. The fourth-order valence-corrected chi connectivity index (χ4v) is 4.58. The van der Waals surface area contributed by atoms with Crippen molar-refractivity contribution in [2.45, 2.75) is 83.3 Å². The number of hydrogen-bond donors (Lipinski definition) is 2. The van der Waals surface area contributed by atoms with E-state index in [9.17, 15) is 4.79 Å². The molecule has 6 heteroatoms. The van der Waals surface area contributed by atoms with Gasteiger partial charge in [-0.1, -0.05) is 25.7 Å². The molecule has 0 aromatic rings. The Kier molecular flexibility index (Phi) is 8.24. The van der Waals surface area contributed by atoms with E-state index in [1.807, 2.05) is 0 Å². The number of guanidine groups is 1. The van der Waals surface area contributed by atoms with Gasteiger partial charge in [-0.2, -0.15) is 0 Å². The van der Waals surface area contributed by atoms with Gasteiger partial charge in [0.05, 0.1) is 6.10 Å². The van der Waals surface area contributed by atoms with E-state index < -0.39 is 0 Å². The van der Waals surface area contributed by atoms with E-state index in [0.717, 1.165) is 64.4 Å². The van der Waals surface area contributed by atoms with Crippen molar-refractivity contribution in [3.8, 4) is 0 Å². The van der Waals surface area contributed by atoms with Crippen LogP contribution in [0.5, 0.6) is 0 Å². The summed E-state index contributed by atoms with van der Waals surface area (Å²) >= 11 is 0. The molecule has 1 unspecified atom stereocenters. The van der Waals surface area contributed by atoms with Gasteiger partial charge in [0.2, 0.25) is 5.91 Å². The minimum absolute atomic E-state index is 0.283. The van der Waals surface area contributed by atoms with Crippen molar-refractivity contribution in [3.63, 3.8) is 0 Å². The second-order valence-electron chi connectivity index (χ2n) is 8.29. The van der Waals surface area contributed by atoms with E-state index in [2.05, 4.69) is 22.5 Å². The molecule has 3 rings (SSSR count). The number of likely N-dealkylation sites (tertiary alicyclic amines) is 1. The number of rotatable bonds is 8. The summed E-state index contributed by atoms with van der Waals surface area (Å²) in [5.41, 5.74) is 0. The zero-order chi connectivity index (χ0) is 18.9. The first-order valence-electron chi connectivity index (χ1n) is 11.2. The maximum absolute atomic E-state index is 12.6. The van der Waals surface area contributed by atoms with Crippen molar-refractivity contribution >= 4 is 11.9 Å². The third-order valence-corrected chi connectivity index (χ3v) is 6.12. The molecule has 1 heterocycles. The first-order chi connectivity index (χ1) is 13.3. The van der Waals surface area contributed by atoms with Crippen LogP contribution in [-0.4, -0.2) is 61.7 Å². The van der Waals surface area contributed by atoms with Gasteiger partial charge in [0.25, 0.3) is 0 Å². The highest BCUT2D eigenvalue weighted by Crippen LogP contribution is 2.27. The number of nitrogens with zero attached hydrogens (tertiary/aromatic N) is 2. The highest BCUT2D eigenvalue weighted by Gasteiger charge is 2.32. The number of ether oxygens (including phenoxy) is 1. The largest absolute Gasteiger partial charge is 0.378 e. The molecule has 3 fully saturated rings. The molecular formula is C21H38N4O2. The van der Waals surface area contributed by atoms with Crippen LogP contribution in [0.3, 0.4) is 0 Å². The molecule has 0 radical (unpaired) electrons. The van der Waals surface area contributed by atoms with Crippen LogP contribution in [0.2, 0.25) is 0 Å². The van der Waals surface area contributed by atoms with Crippen molar-refractivity contribution < 1.29 is 9.53 Å². The standard InChI is InChI=1S/C21H38N4O2/c1-2-22-21(23-13-7-15-27-19-10-5-6-11-19)24-18-12-14-25(16-18)20(26)17-8-3-4-9-17/h17-19H,2-16H2,1H3,(H2,22,23,24). The first kappa shape index (κ1) is 20.4.